The van der Waals surface area contributed by atoms with E-state index in [0.717, 1.165) is 18.0 Å². The average Bonchev–Trinajstić information content (AvgIpc) is 3.39. The largest absolute Gasteiger partial charge is 0.468 e. The highest BCUT2D eigenvalue weighted by Crippen LogP contribution is 2.14. The maximum Gasteiger partial charge on any atom is 0.230 e. The van der Waals surface area contributed by atoms with Crippen LogP contribution in [0.1, 0.15) is 36.3 Å². The predicted molar refractivity (Wildman–Crippen MR) is 111 cm³/mol. The van der Waals surface area contributed by atoms with E-state index in [1.807, 2.05) is 18.3 Å². The van der Waals surface area contributed by atoms with Gasteiger partial charge in [0.05, 0.1) is 23.9 Å². The Balaban J connectivity index is 1.31. The number of hydrogen-bond donors (Lipinski definition) is 2. The first-order valence-corrected chi connectivity index (χ1v) is 11.1. The number of furan rings is 1. The first kappa shape index (κ1) is 20.9. The molecule has 7 heteroatoms. The van der Waals surface area contributed by atoms with Crippen molar-refractivity contribution in [1.29, 1.82) is 0 Å². The molecule has 1 aliphatic heterocycles. The lowest BCUT2D eigenvalue weighted by atomic mass is 10.1. The predicted octanol–water partition coefficient (Wildman–Crippen LogP) is 2.61. The molecule has 1 atom stereocenters. The number of pyridine rings is 1. The van der Waals surface area contributed by atoms with E-state index in [4.69, 9.17) is 4.42 Å². The lowest BCUT2D eigenvalue weighted by Gasteiger charge is -2.15. The van der Waals surface area contributed by atoms with Crippen LogP contribution in [0.3, 0.4) is 0 Å². The van der Waals surface area contributed by atoms with Crippen LogP contribution < -0.4 is 5.32 Å². The van der Waals surface area contributed by atoms with Gasteiger partial charge in [0.1, 0.15) is 5.76 Å². The monoisotopic (exact) mass is 403 g/mol. The van der Waals surface area contributed by atoms with Crippen LogP contribution in [0.25, 0.3) is 0 Å². The van der Waals surface area contributed by atoms with E-state index in [2.05, 4.69) is 27.3 Å². The first-order valence-electron chi connectivity index (χ1n) is 9.90. The maximum absolute atomic E-state index is 11.9. The number of nitrogens with one attached hydrogen (secondary N) is 1. The third-order valence-electron chi connectivity index (χ3n) is 4.81. The second-order valence-corrected chi connectivity index (χ2v) is 8.19. The molecule has 0 radical (unpaired) electrons. The minimum absolute atomic E-state index is 0.0682. The van der Waals surface area contributed by atoms with Crippen molar-refractivity contribution < 1.29 is 14.3 Å². The van der Waals surface area contributed by atoms with Crippen LogP contribution in [0, 0.1) is 0 Å². The van der Waals surface area contributed by atoms with Crippen LogP contribution in [0.5, 0.6) is 0 Å². The lowest BCUT2D eigenvalue weighted by molar-refractivity contribution is -0.119. The van der Waals surface area contributed by atoms with Gasteiger partial charge in [0.2, 0.25) is 5.91 Å². The van der Waals surface area contributed by atoms with Gasteiger partial charge in [-0.05, 0) is 68.6 Å². The molecule has 0 aromatic carbocycles. The number of hydrogen-bond acceptors (Lipinski definition) is 6. The Morgan fingerprint density at radius 3 is 3.00 bits per heavy atom. The molecule has 3 heterocycles. The molecule has 0 saturated carbocycles. The summed E-state index contributed by atoms with van der Waals surface area (Å²) in [6, 6.07) is 7.93. The molecular formula is C21H29N3O3S. The van der Waals surface area contributed by atoms with Gasteiger partial charge in [0.25, 0.3) is 0 Å². The number of carbonyl (C=O) groups is 1. The zero-order chi connectivity index (χ0) is 19.6. The average molecular weight is 404 g/mol. The smallest absolute Gasteiger partial charge is 0.230 e. The molecule has 1 amide bonds. The topological polar surface area (TPSA) is 78.6 Å². The normalized spacial score (nSPS) is 15.6. The van der Waals surface area contributed by atoms with Crippen molar-refractivity contribution in [2.24, 2.45) is 0 Å². The van der Waals surface area contributed by atoms with Gasteiger partial charge in [-0.1, -0.05) is 0 Å². The minimum atomic E-state index is -0.567. The van der Waals surface area contributed by atoms with Crippen molar-refractivity contribution in [3.63, 3.8) is 0 Å². The van der Waals surface area contributed by atoms with Gasteiger partial charge < -0.3 is 14.8 Å². The van der Waals surface area contributed by atoms with Crippen LogP contribution in [0.2, 0.25) is 0 Å². The molecule has 1 unspecified atom stereocenters. The summed E-state index contributed by atoms with van der Waals surface area (Å²) < 4.78 is 5.23. The molecule has 0 bridgehead atoms. The molecule has 1 aliphatic rings. The summed E-state index contributed by atoms with van der Waals surface area (Å²) in [7, 11) is 0. The van der Waals surface area contributed by atoms with Crippen LogP contribution in [0.15, 0.2) is 41.1 Å². The Bertz CT molecular complexity index is 717. The van der Waals surface area contributed by atoms with Crippen molar-refractivity contribution in [2.75, 3.05) is 25.4 Å². The number of thioether (sulfide) groups is 1. The summed E-state index contributed by atoms with van der Waals surface area (Å²) in [6.07, 6.45) is 6.78. The zero-order valence-corrected chi connectivity index (χ0v) is 17.0. The molecule has 1 saturated heterocycles. The number of aromatic nitrogens is 1. The van der Waals surface area contributed by atoms with E-state index >= 15 is 0 Å². The number of aliphatic hydroxyl groups excluding tert-OH is 1. The fourth-order valence-corrected chi connectivity index (χ4v) is 4.06. The van der Waals surface area contributed by atoms with Crippen LogP contribution >= 0.6 is 11.8 Å². The van der Waals surface area contributed by atoms with Gasteiger partial charge in [0, 0.05) is 25.0 Å². The number of aryl methyl sites for hydroxylation is 1. The van der Waals surface area contributed by atoms with Crippen molar-refractivity contribution >= 4 is 17.7 Å². The summed E-state index contributed by atoms with van der Waals surface area (Å²) in [5.41, 5.74) is 2.28. The van der Waals surface area contributed by atoms with Crippen molar-refractivity contribution in [1.82, 2.24) is 15.2 Å². The Labute approximate surface area is 170 Å². The number of amides is 1. The van der Waals surface area contributed by atoms with E-state index < -0.39 is 6.10 Å². The number of likely N-dealkylation sites (tertiary alicyclic amines) is 1. The van der Waals surface area contributed by atoms with E-state index in [-0.39, 0.29) is 12.5 Å². The number of carbonyl (C=O) groups excluding carboxylic acids is 1. The molecule has 1 fully saturated rings. The highest BCUT2D eigenvalue weighted by molar-refractivity contribution is 7.99. The standard InChI is InChI=1S/C21H29N3O3S/c25-19(13-23-21(26)16-28-15-20-4-3-11-27-20)6-5-18-12-17(7-8-22-18)14-24-9-1-2-10-24/h3-4,7-8,11-12,19,25H,1-2,5-6,9-10,13-16H2,(H,23,26). The highest BCUT2D eigenvalue weighted by atomic mass is 32.2. The minimum Gasteiger partial charge on any atom is -0.468 e. The van der Waals surface area contributed by atoms with Crippen molar-refractivity contribution in [2.45, 2.75) is 44.1 Å². The summed E-state index contributed by atoms with van der Waals surface area (Å²) >= 11 is 1.49. The van der Waals surface area contributed by atoms with E-state index in [1.165, 1.54) is 43.3 Å². The van der Waals surface area contributed by atoms with Gasteiger partial charge in [0.15, 0.2) is 0 Å². The van der Waals surface area contributed by atoms with Gasteiger partial charge in [-0.2, -0.15) is 0 Å². The summed E-state index contributed by atoms with van der Waals surface area (Å²) in [5.74, 6) is 1.81. The molecule has 3 rings (SSSR count). The number of rotatable bonds is 11. The first-order chi connectivity index (χ1) is 13.7. The molecule has 0 spiro atoms. The Hall–Kier alpha value is -1.83. The maximum atomic E-state index is 11.9. The van der Waals surface area contributed by atoms with Crippen molar-refractivity contribution in [3.8, 4) is 0 Å². The van der Waals surface area contributed by atoms with Crippen LogP contribution in [0.4, 0.5) is 0 Å². The Kier molecular flexibility index (Phi) is 8.39. The van der Waals surface area contributed by atoms with Crippen LogP contribution in [-0.4, -0.2) is 52.4 Å². The third kappa shape index (κ3) is 7.30. The van der Waals surface area contributed by atoms with Gasteiger partial charge in [-0.25, -0.2) is 0 Å². The molecule has 2 N–H and O–H groups in total. The van der Waals surface area contributed by atoms with E-state index in [1.54, 1.807) is 6.26 Å². The quantitative estimate of drug-likeness (QED) is 0.600. The van der Waals surface area contributed by atoms with Gasteiger partial charge in [-0.15, -0.1) is 11.8 Å². The number of aliphatic hydroxyl groups is 1. The third-order valence-corrected chi connectivity index (χ3v) is 5.77. The lowest BCUT2D eigenvalue weighted by Crippen LogP contribution is -2.33. The highest BCUT2D eigenvalue weighted by Gasteiger charge is 2.13. The molecule has 28 heavy (non-hydrogen) atoms. The summed E-state index contributed by atoms with van der Waals surface area (Å²) in [6.45, 7) is 3.60. The van der Waals surface area contributed by atoms with E-state index in [9.17, 15) is 9.90 Å². The molecule has 0 aliphatic carbocycles. The molecule has 2 aromatic rings. The number of nitrogens with zero attached hydrogens (tertiary/aromatic N) is 2. The Morgan fingerprint density at radius 2 is 2.21 bits per heavy atom. The fourth-order valence-electron chi connectivity index (χ4n) is 3.30. The molecule has 2 aromatic heterocycles. The summed E-state index contributed by atoms with van der Waals surface area (Å²) in [4.78, 5) is 18.8. The molecule has 6 nitrogen and oxygen atoms in total. The fraction of sp³-hybridized carbons (Fsp3) is 0.524. The van der Waals surface area contributed by atoms with Crippen LogP contribution in [-0.2, 0) is 23.5 Å². The Morgan fingerprint density at radius 1 is 1.36 bits per heavy atom. The second kappa shape index (κ2) is 11.2. The SMILES string of the molecule is O=C(CSCc1ccco1)NCC(O)CCc1cc(CN2CCCC2)ccn1. The van der Waals surface area contributed by atoms with E-state index in [0.29, 0.717) is 24.3 Å². The summed E-state index contributed by atoms with van der Waals surface area (Å²) in [5, 5.41) is 13.0. The zero-order valence-electron chi connectivity index (χ0n) is 16.2. The second-order valence-electron chi connectivity index (χ2n) is 7.21. The van der Waals surface area contributed by atoms with Gasteiger partial charge >= 0.3 is 0 Å². The van der Waals surface area contributed by atoms with Gasteiger partial charge in [-0.3, -0.25) is 14.7 Å². The molecular weight excluding hydrogens is 374 g/mol. The molecule has 152 valence electrons. The van der Waals surface area contributed by atoms with Crippen molar-refractivity contribution in [3.05, 3.63) is 53.7 Å².